The lowest BCUT2D eigenvalue weighted by Gasteiger charge is -2.16. The number of aryl methyl sites for hydroxylation is 1. The lowest BCUT2D eigenvalue weighted by atomic mass is 10.1. The highest BCUT2D eigenvalue weighted by atomic mass is 79.9. The summed E-state index contributed by atoms with van der Waals surface area (Å²) in [4.78, 5) is 2.80. The molecule has 2 aromatic rings. The van der Waals surface area contributed by atoms with Gasteiger partial charge in [-0.2, -0.15) is 0 Å². The molecule has 2 nitrogen and oxygen atoms in total. The first-order chi connectivity index (χ1) is 9.99. The molecule has 5 heteroatoms. The standard InChI is InChI=1S/C16H19Br2NOS/c1-10(6-14-5-4-11(2)21-14)19-9-12-7-13(17)8-15(18)16(12)20-3/h4-5,7-8,10,19H,6,9H2,1-3H3. The molecule has 1 aromatic carbocycles. The Morgan fingerprint density at radius 1 is 1.29 bits per heavy atom. The maximum Gasteiger partial charge on any atom is 0.137 e. The van der Waals surface area contributed by atoms with E-state index in [4.69, 9.17) is 4.74 Å². The van der Waals surface area contributed by atoms with E-state index in [-0.39, 0.29) is 0 Å². The molecule has 0 aliphatic heterocycles. The lowest BCUT2D eigenvalue weighted by molar-refractivity contribution is 0.403. The van der Waals surface area contributed by atoms with E-state index >= 15 is 0 Å². The highest BCUT2D eigenvalue weighted by Crippen LogP contribution is 2.32. The number of hydrogen-bond acceptors (Lipinski definition) is 3. The predicted molar refractivity (Wildman–Crippen MR) is 97.5 cm³/mol. The van der Waals surface area contributed by atoms with Crippen LogP contribution in [0.15, 0.2) is 33.2 Å². The van der Waals surface area contributed by atoms with E-state index in [0.29, 0.717) is 6.04 Å². The second-order valence-electron chi connectivity index (χ2n) is 5.08. The van der Waals surface area contributed by atoms with Crippen molar-refractivity contribution in [1.82, 2.24) is 5.32 Å². The molecule has 2 rings (SSSR count). The third-order valence-corrected chi connectivity index (χ3v) is 5.30. The molecular formula is C16H19Br2NOS. The fraction of sp³-hybridized carbons (Fsp3) is 0.375. The summed E-state index contributed by atoms with van der Waals surface area (Å²) in [6, 6.07) is 8.92. The first-order valence-corrected chi connectivity index (χ1v) is 9.20. The highest BCUT2D eigenvalue weighted by Gasteiger charge is 2.11. The zero-order chi connectivity index (χ0) is 15.4. The van der Waals surface area contributed by atoms with E-state index in [2.05, 4.69) is 69.2 Å². The van der Waals surface area contributed by atoms with Crippen LogP contribution in [-0.4, -0.2) is 13.2 Å². The van der Waals surface area contributed by atoms with Crippen molar-refractivity contribution in [3.05, 3.63) is 48.5 Å². The van der Waals surface area contributed by atoms with Gasteiger partial charge >= 0.3 is 0 Å². The van der Waals surface area contributed by atoms with Gasteiger partial charge < -0.3 is 10.1 Å². The molecule has 0 spiro atoms. The molecule has 0 bridgehead atoms. The Hall–Kier alpha value is -0.360. The Kier molecular flexibility index (Phi) is 6.29. The summed E-state index contributed by atoms with van der Waals surface area (Å²) < 4.78 is 7.50. The molecule has 0 saturated carbocycles. The van der Waals surface area contributed by atoms with Crippen LogP contribution in [0.2, 0.25) is 0 Å². The molecule has 1 unspecified atom stereocenters. The van der Waals surface area contributed by atoms with Crippen molar-refractivity contribution in [2.24, 2.45) is 0 Å². The van der Waals surface area contributed by atoms with Crippen LogP contribution in [0.3, 0.4) is 0 Å². The van der Waals surface area contributed by atoms with E-state index in [9.17, 15) is 0 Å². The summed E-state index contributed by atoms with van der Waals surface area (Å²) in [5.41, 5.74) is 1.15. The van der Waals surface area contributed by atoms with Crippen molar-refractivity contribution in [2.45, 2.75) is 32.9 Å². The van der Waals surface area contributed by atoms with Crippen LogP contribution < -0.4 is 10.1 Å². The van der Waals surface area contributed by atoms with Crippen LogP contribution in [0.1, 0.15) is 22.2 Å². The van der Waals surface area contributed by atoms with Gasteiger partial charge in [-0.1, -0.05) is 15.9 Å². The molecule has 1 N–H and O–H groups in total. The molecule has 0 fully saturated rings. The maximum atomic E-state index is 5.48. The Morgan fingerprint density at radius 2 is 2.05 bits per heavy atom. The number of benzene rings is 1. The summed E-state index contributed by atoms with van der Waals surface area (Å²) in [5, 5.41) is 3.57. The van der Waals surface area contributed by atoms with E-state index in [0.717, 1.165) is 33.2 Å². The van der Waals surface area contributed by atoms with Crippen molar-refractivity contribution in [3.63, 3.8) is 0 Å². The van der Waals surface area contributed by atoms with Crippen LogP contribution in [0.25, 0.3) is 0 Å². The van der Waals surface area contributed by atoms with Gasteiger partial charge in [-0.05, 0) is 60.5 Å². The minimum Gasteiger partial charge on any atom is -0.495 e. The first-order valence-electron chi connectivity index (χ1n) is 6.80. The van der Waals surface area contributed by atoms with Crippen molar-refractivity contribution in [1.29, 1.82) is 0 Å². The topological polar surface area (TPSA) is 21.3 Å². The van der Waals surface area contributed by atoms with Crippen LogP contribution in [0.5, 0.6) is 5.75 Å². The van der Waals surface area contributed by atoms with Crippen LogP contribution in [-0.2, 0) is 13.0 Å². The fourth-order valence-electron chi connectivity index (χ4n) is 2.23. The van der Waals surface area contributed by atoms with E-state index in [1.165, 1.54) is 9.75 Å². The molecule has 1 heterocycles. The third kappa shape index (κ3) is 4.81. The molecule has 1 aromatic heterocycles. The maximum absolute atomic E-state index is 5.48. The molecule has 0 aliphatic rings. The minimum atomic E-state index is 0.422. The Labute approximate surface area is 147 Å². The second kappa shape index (κ2) is 7.77. The molecular weight excluding hydrogens is 414 g/mol. The van der Waals surface area contributed by atoms with Crippen LogP contribution >= 0.6 is 43.2 Å². The number of hydrogen-bond donors (Lipinski definition) is 1. The lowest BCUT2D eigenvalue weighted by Crippen LogP contribution is -2.27. The summed E-state index contributed by atoms with van der Waals surface area (Å²) >= 11 is 8.94. The van der Waals surface area contributed by atoms with Gasteiger partial charge in [0.05, 0.1) is 11.6 Å². The monoisotopic (exact) mass is 431 g/mol. The Bertz CT molecular complexity index is 612. The number of rotatable bonds is 6. The van der Waals surface area contributed by atoms with Crippen molar-refractivity contribution < 1.29 is 4.74 Å². The average Bonchev–Trinajstić information content (AvgIpc) is 2.81. The van der Waals surface area contributed by atoms with Crippen molar-refractivity contribution in [2.75, 3.05) is 7.11 Å². The summed E-state index contributed by atoms with van der Waals surface area (Å²) in [6.45, 7) is 5.15. The second-order valence-corrected chi connectivity index (χ2v) is 8.22. The van der Waals surface area contributed by atoms with Gasteiger partial charge in [-0.15, -0.1) is 11.3 Å². The van der Waals surface area contributed by atoms with E-state index < -0.39 is 0 Å². The summed E-state index contributed by atoms with van der Waals surface area (Å²) in [6.07, 6.45) is 1.05. The highest BCUT2D eigenvalue weighted by molar-refractivity contribution is 9.11. The zero-order valence-corrected chi connectivity index (χ0v) is 16.4. The number of nitrogens with one attached hydrogen (secondary N) is 1. The van der Waals surface area contributed by atoms with Gasteiger partial charge in [-0.3, -0.25) is 0 Å². The third-order valence-electron chi connectivity index (χ3n) is 3.23. The molecule has 1 atom stereocenters. The number of ether oxygens (including phenoxy) is 1. The average molecular weight is 433 g/mol. The normalized spacial score (nSPS) is 12.4. The van der Waals surface area contributed by atoms with Gasteiger partial charge in [0.2, 0.25) is 0 Å². The van der Waals surface area contributed by atoms with Gasteiger partial charge in [0, 0.05) is 32.4 Å². The van der Waals surface area contributed by atoms with Crippen LogP contribution in [0, 0.1) is 6.92 Å². The molecule has 0 saturated heterocycles. The predicted octanol–water partition coefficient (Wildman–Crippen LogP) is 5.31. The molecule has 114 valence electrons. The fourth-order valence-corrected chi connectivity index (χ4v) is 4.72. The summed E-state index contributed by atoms with van der Waals surface area (Å²) in [7, 11) is 1.70. The van der Waals surface area contributed by atoms with Gasteiger partial charge in [0.1, 0.15) is 5.75 Å². The largest absolute Gasteiger partial charge is 0.495 e. The number of methoxy groups -OCH3 is 1. The van der Waals surface area contributed by atoms with Crippen LogP contribution in [0.4, 0.5) is 0 Å². The Balaban J connectivity index is 1.99. The molecule has 21 heavy (non-hydrogen) atoms. The van der Waals surface area contributed by atoms with E-state index in [1.54, 1.807) is 7.11 Å². The number of thiophene rings is 1. The summed E-state index contributed by atoms with van der Waals surface area (Å²) in [5.74, 6) is 0.893. The van der Waals surface area contributed by atoms with Crippen molar-refractivity contribution in [3.8, 4) is 5.75 Å². The molecule has 0 aliphatic carbocycles. The molecule has 0 amide bonds. The SMILES string of the molecule is COc1c(Br)cc(Br)cc1CNC(C)Cc1ccc(C)s1. The number of halogens is 2. The van der Waals surface area contributed by atoms with E-state index in [1.807, 2.05) is 17.4 Å². The Morgan fingerprint density at radius 3 is 2.67 bits per heavy atom. The smallest absolute Gasteiger partial charge is 0.137 e. The van der Waals surface area contributed by atoms with Crippen molar-refractivity contribution >= 4 is 43.2 Å². The zero-order valence-electron chi connectivity index (χ0n) is 12.4. The minimum absolute atomic E-state index is 0.422. The van der Waals surface area contributed by atoms with Gasteiger partial charge in [0.25, 0.3) is 0 Å². The quantitative estimate of drug-likeness (QED) is 0.667. The van der Waals surface area contributed by atoms with Gasteiger partial charge in [-0.25, -0.2) is 0 Å². The first kappa shape index (κ1) is 17.0. The van der Waals surface area contributed by atoms with Gasteiger partial charge in [0.15, 0.2) is 0 Å². The molecule has 0 radical (unpaired) electrons.